The summed E-state index contributed by atoms with van der Waals surface area (Å²) in [5, 5.41) is 2.63. The zero-order chi connectivity index (χ0) is 17.3. The molecule has 1 fully saturated rings. The van der Waals surface area contributed by atoms with Crippen molar-refractivity contribution in [1.29, 1.82) is 0 Å². The summed E-state index contributed by atoms with van der Waals surface area (Å²) in [6, 6.07) is 1.43. The number of piperidine rings is 1. The Labute approximate surface area is 144 Å². The van der Waals surface area contributed by atoms with Gasteiger partial charge in [-0.2, -0.15) is 0 Å². The first-order chi connectivity index (χ1) is 11.5. The van der Waals surface area contributed by atoms with E-state index >= 15 is 0 Å². The quantitative estimate of drug-likeness (QED) is 0.825. The number of fused-ring (bicyclic) bond motifs is 1. The van der Waals surface area contributed by atoms with Crippen LogP contribution in [0.2, 0.25) is 0 Å². The molecule has 3 N–H and O–H groups in total. The largest absolute Gasteiger partial charge is 0.354 e. The number of nitrogens with two attached hydrogens (primary N) is 1. The Morgan fingerprint density at radius 3 is 2.79 bits per heavy atom. The van der Waals surface area contributed by atoms with Gasteiger partial charge in [0.2, 0.25) is 5.91 Å². The maximum atomic E-state index is 12.8. The SMILES string of the molecule is CNC(=O)c1cc2c(s1)CCN(C(=O)[C@@H]1CCCN(C(N)=O)C1)C2. The van der Waals surface area contributed by atoms with Gasteiger partial charge in [0.25, 0.3) is 5.91 Å². The highest BCUT2D eigenvalue weighted by atomic mass is 32.1. The Morgan fingerprint density at radius 1 is 1.29 bits per heavy atom. The van der Waals surface area contributed by atoms with E-state index in [1.165, 1.54) is 16.2 Å². The highest BCUT2D eigenvalue weighted by Gasteiger charge is 2.32. The summed E-state index contributed by atoms with van der Waals surface area (Å²) in [5.74, 6) is -0.180. The summed E-state index contributed by atoms with van der Waals surface area (Å²) >= 11 is 1.50. The standard InChI is InChI=1S/C16H22N4O3S/c1-18-14(21)13-7-11-9-19(6-4-12(11)24-13)15(22)10-3-2-5-20(8-10)16(17)23/h7,10H,2-6,8-9H2,1H3,(H2,17,23)(H,18,21)/t10-/m1/s1. The van der Waals surface area contributed by atoms with E-state index in [9.17, 15) is 14.4 Å². The van der Waals surface area contributed by atoms with Crippen LogP contribution in [0.4, 0.5) is 4.79 Å². The Morgan fingerprint density at radius 2 is 2.08 bits per heavy atom. The van der Waals surface area contributed by atoms with E-state index in [1.54, 1.807) is 11.9 Å². The second kappa shape index (κ2) is 6.80. The molecule has 0 bridgehead atoms. The smallest absolute Gasteiger partial charge is 0.314 e. The van der Waals surface area contributed by atoms with Crippen LogP contribution in [0.3, 0.4) is 0 Å². The summed E-state index contributed by atoms with van der Waals surface area (Å²) in [6.07, 6.45) is 2.37. The lowest BCUT2D eigenvalue weighted by molar-refractivity contribution is -0.137. The number of amides is 4. The van der Waals surface area contributed by atoms with Crippen molar-refractivity contribution in [2.75, 3.05) is 26.7 Å². The van der Waals surface area contributed by atoms with Crippen molar-refractivity contribution in [3.8, 4) is 0 Å². The molecule has 7 nitrogen and oxygen atoms in total. The zero-order valence-corrected chi connectivity index (χ0v) is 14.5. The van der Waals surface area contributed by atoms with Crippen molar-refractivity contribution in [3.05, 3.63) is 21.4 Å². The molecule has 8 heteroatoms. The maximum absolute atomic E-state index is 12.8. The predicted octanol–water partition coefficient (Wildman–Crippen LogP) is 0.783. The zero-order valence-electron chi connectivity index (χ0n) is 13.7. The number of carbonyl (C=O) groups is 3. The number of thiophene rings is 1. The topological polar surface area (TPSA) is 95.7 Å². The fraction of sp³-hybridized carbons (Fsp3) is 0.562. The molecule has 3 heterocycles. The number of nitrogens with zero attached hydrogens (tertiary/aromatic N) is 2. The van der Waals surface area contributed by atoms with Crippen LogP contribution in [0.1, 0.15) is 33.0 Å². The van der Waals surface area contributed by atoms with E-state index in [2.05, 4.69) is 5.32 Å². The summed E-state index contributed by atoms with van der Waals surface area (Å²) in [7, 11) is 1.62. The molecule has 0 saturated carbocycles. The molecule has 1 atom stereocenters. The summed E-state index contributed by atoms with van der Waals surface area (Å²) < 4.78 is 0. The van der Waals surface area contributed by atoms with E-state index in [-0.39, 0.29) is 17.7 Å². The molecule has 24 heavy (non-hydrogen) atoms. The number of nitrogens with one attached hydrogen (secondary N) is 1. The van der Waals surface area contributed by atoms with Gasteiger partial charge in [-0.3, -0.25) is 9.59 Å². The molecular weight excluding hydrogens is 328 g/mol. The Balaban J connectivity index is 1.68. The molecule has 0 aromatic carbocycles. The molecule has 1 aromatic rings. The number of primary amides is 1. The number of rotatable bonds is 2. The van der Waals surface area contributed by atoms with Crippen LogP contribution in [0, 0.1) is 5.92 Å². The molecule has 130 valence electrons. The molecule has 4 amide bonds. The first kappa shape index (κ1) is 16.8. The molecule has 0 unspecified atom stereocenters. The van der Waals surface area contributed by atoms with Crippen LogP contribution in [-0.4, -0.2) is 54.3 Å². The van der Waals surface area contributed by atoms with Crippen LogP contribution < -0.4 is 11.1 Å². The van der Waals surface area contributed by atoms with Crippen LogP contribution >= 0.6 is 11.3 Å². The number of carbonyl (C=O) groups excluding carboxylic acids is 3. The molecule has 2 aliphatic rings. The molecule has 0 radical (unpaired) electrons. The second-order valence-corrected chi connectivity index (χ2v) is 7.41. The van der Waals surface area contributed by atoms with Gasteiger partial charge in [0.05, 0.1) is 10.8 Å². The number of hydrogen-bond acceptors (Lipinski definition) is 4. The van der Waals surface area contributed by atoms with Crippen molar-refractivity contribution < 1.29 is 14.4 Å². The summed E-state index contributed by atoms with van der Waals surface area (Å²) in [6.45, 7) is 2.23. The van der Waals surface area contributed by atoms with Crippen molar-refractivity contribution in [2.45, 2.75) is 25.8 Å². The van der Waals surface area contributed by atoms with Gasteiger partial charge in [-0.1, -0.05) is 0 Å². The van der Waals surface area contributed by atoms with Crippen molar-refractivity contribution in [2.24, 2.45) is 11.7 Å². The van der Waals surface area contributed by atoms with Crippen LogP contribution in [0.15, 0.2) is 6.07 Å². The minimum atomic E-state index is -0.457. The lowest BCUT2D eigenvalue weighted by Crippen LogP contribution is -2.49. The minimum Gasteiger partial charge on any atom is -0.354 e. The van der Waals surface area contributed by atoms with Gasteiger partial charge in [0.1, 0.15) is 0 Å². The van der Waals surface area contributed by atoms with Crippen molar-refractivity contribution in [3.63, 3.8) is 0 Å². The van der Waals surface area contributed by atoms with E-state index in [0.717, 1.165) is 24.8 Å². The van der Waals surface area contributed by atoms with Gasteiger partial charge in [-0.05, 0) is 30.9 Å². The van der Waals surface area contributed by atoms with Gasteiger partial charge in [0, 0.05) is 38.1 Å². The fourth-order valence-corrected chi connectivity index (χ4v) is 4.50. The Bertz CT molecular complexity index is 672. The fourth-order valence-electron chi connectivity index (χ4n) is 3.39. The highest BCUT2D eigenvalue weighted by Crippen LogP contribution is 2.29. The molecule has 0 aliphatic carbocycles. The van der Waals surface area contributed by atoms with E-state index < -0.39 is 6.03 Å². The van der Waals surface area contributed by atoms with E-state index in [1.807, 2.05) is 11.0 Å². The van der Waals surface area contributed by atoms with Gasteiger partial charge in [-0.25, -0.2) is 4.79 Å². The average molecular weight is 350 g/mol. The third-order valence-electron chi connectivity index (χ3n) is 4.71. The van der Waals surface area contributed by atoms with Crippen LogP contribution in [0.25, 0.3) is 0 Å². The molecule has 3 rings (SSSR count). The van der Waals surface area contributed by atoms with Gasteiger partial charge >= 0.3 is 6.03 Å². The number of hydrogen-bond donors (Lipinski definition) is 2. The molecule has 2 aliphatic heterocycles. The number of likely N-dealkylation sites (tertiary alicyclic amines) is 1. The van der Waals surface area contributed by atoms with Gasteiger partial charge in [-0.15, -0.1) is 11.3 Å². The monoisotopic (exact) mass is 350 g/mol. The first-order valence-corrected chi connectivity index (χ1v) is 8.98. The summed E-state index contributed by atoms with van der Waals surface area (Å²) in [4.78, 5) is 41.2. The normalized spacial score (nSPS) is 20.5. The Kier molecular flexibility index (Phi) is 4.75. The van der Waals surface area contributed by atoms with Gasteiger partial charge in [0.15, 0.2) is 0 Å². The predicted molar refractivity (Wildman–Crippen MR) is 90.7 cm³/mol. The minimum absolute atomic E-state index is 0.0827. The van der Waals surface area contributed by atoms with Crippen molar-refractivity contribution >= 4 is 29.2 Å². The highest BCUT2D eigenvalue weighted by molar-refractivity contribution is 7.14. The van der Waals surface area contributed by atoms with E-state index in [4.69, 9.17) is 5.73 Å². The maximum Gasteiger partial charge on any atom is 0.314 e. The lowest BCUT2D eigenvalue weighted by atomic mass is 9.95. The lowest BCUT2D eigenvalue weighted by Gasteiger charge is -2.35. The second-order valence-electron chi connectivity index (χ2n) is 6.27. The third kappa shape index (κ3) is 3.24. The first-order valence-electron chi connectivity index (χ1n) is 8.16. The molecule has 0 spiro atoms. The summed E-state index contributed by atoms with van der Waals surface area (Å²) in [5.41, 5.74) is 6.40. The molecule has 1 saturated heterocycles. The molecular formula is C16H22N4O3S. The van der Waals surface area contributed by atoms with Crippen LogP contribution in [0.5, 0.6) is 0 Å². The number of urea groups is 1. The van der Waals surface area contributed by atoms with Gasteiger partial charge < -0.3 is 20.9 Å². The third-order valence-corrected chi connectivity index (χ3v) is 5.95. The average Bonchev–Trinajstić information content (AvgIpc) is 3.03. The Hall–Kier alpha value is -2.09. The van der Waals surface area contributed by atoms with E-state index in [0.29, 0.717) is 31.1 Å². The van der Waals surface area contributed by atoms with Crippen LogP contribution in [-0.2, 0) is 17.8 Å². The molecule has 1 aromatic heterocycles. The van der Waals surface area contributed by atoms with Crippen molar-refractivity contribution in [1.82, 2.24) is 15.1 Å².